The van der Waals surface area contributed by atoms with Crippen LogP contribution in [-0.2, 0) is 20.9 Å². The Hall–Kier alpha value is -2.48. The number of fused-ring (bicyclic) bond motifs is 1. The van der Waals surface area contributed by atoms with E-state index in [0.717, 1.165) is 16.5 Å². The van der Waals surface area contributed by atoms with Crippen LogP contribution in [0, 0.1) is 0 Å². The second-order valence-electron chi connectivity index (χ2n) is 6.87. The fraction of sp³-hybridized carbons (Fsp3) is 0.350. The Morgan fingerprint density at radius 1 is 1.43 bits per heavy atom. The lowest BCUT2D eigenvalue weighted by molar-refractivity contribution is -0.215. The van der Waals surface area contributed by atoms with Crippen molar-refractivity contribution < 1.29 is 14.4 Å². The Morgan fingerprint density at radius 3 is 3.00 bits per heavy atom. The third kappa shape index (κ3) is 3.37. The standard InChI is InChI=1S/C20H21ClN4O3/c1-3-27-19(26)20(12-25-9-8-22-13-25)11-17(24(2)28-20)15-10-14-6-4-5-7-16(14)23-18(15)21/h4-10,13,17H,3,11-12H2,1-2H3. The number of imidazole rings is 1. The van der Waals surface area contributed by atoms with Crippen molar-refractivity contribution in [2.24, 2.45) is 0 Å². The Morgan fingerprint density at radius 2 is 2.25 bits per heavy atom. The van der Waals surface area contributed by atoms with E-state index in [-0.39, 0.29) is 12.6 Å². The van der Waals surface area contributed by atoms with Crippen molar-refractivity contribution in [3.63, 3.8) is 0 Å². The van der Waals surface area contributed by atoms with E-state index in [1.54, 1.807) is 37.8 Å². The second kappa shape index (κ2) is 7.50. The molecule has 8 heteroatoms. The van der Waals surface area contributed by atoms with Crippen LogP contribution in [-0.4, -0.2) is 44.8 Å². The maximum atomic E-state index is 12.9. The highest BCUT2D eigenvalue weighted by molar-refractivity contribution is 6.30. The number of nitrogens with zero attached hydrogens (tertiary/aromatic N) is 4. The van der Waals surface area contributed by atoms with Gasteiger partial charge in [0, 0.05) is 36.8 Å². The minimum Gasteiger partial charge on any atom is -0.464 e. The van der Waals surface area contributed by atoms with Crippen LogP contribution < -0.4 is 0 Å². The average Bonchev–Trinajstić information content (AvgIpc) is 3.30. The summed E-state index contributed by atoms with van der Waals surface area (Å²) in [6, 6.07) is 9.56. The van der Waals surface area contributed by atoms with E-state index >= 15 is 0 Å². The zero-order valence-electron chi connectivity index (χ0n) is 15.7. The highest BCUT2D eigenvalue weighted by atomic mass is 35.5. The fourth-order valence-corrected chi connectivity index (χ4v) is 3.95. The Balaban J connectivity index is 1.71. The van der Waals surface area contributed by atoms with Crippen molar-refractivity contribution in [3.05, 3.63) is 59.8 Å². The Labute approximate surface area is 167 Å². The number of ether oxygens (including phenoxy) is 1. The number of benzene rings is 1. The normalized spacial score (nSPS) is 22.6. The molecule has 1 aliphatic rings. The topological polar surface area (TPSA) is 69.5 Å². The van der Waals surface area contributed by atoms with Crippen LogP contribution in [0.15, 0.2) is 49.1 Å². The van der Waals surface area contributed by atoms with Gasteiger partial charge in [-0.1, -0.05) is 29.8 Å². The second-order valence-corrected chi connectivity index (χ2v) is 7.23. The highest BCUT2D eigenvalue weighted by Crippen LogP contribution is 2.43. The first kappa shape index (κ1) is 18.9. The molecular weight excluding hydrogens is 380 g/mol. The summed E-state index contributed by atoms with van der Waals surface area (Å²) in [5.41, 5.74) is 0.484. The van der Waals surface area contributed by atoms with Crippen molar-refractivity contribution in [3.8, 4) is 0 Å². The van der Waals surface area contributed by atoms with E-state index in [2.05, 4.69) is 9.97 Å². The summed E-state index contributed by atoms with van der Waals surface area (Å²) in [5, 5.41) is 3.06. The molecule has 0 N–H and O–H groups in total. The van der Waals surface area contributed by atoms with Crippen molar-refractivity contribution in [2.45, 2.75) is 31.5 Å². The molecule has 3 aromatic rings. The van der Waals surface area contributed by atoms with Gasteiger partial charge < -0.3 is 9.30 Å². The molecule has 0 spiro atoms. The molecule has 0 aliphatic carbocycles. The molecule has 2 aromatic heterocycles. The molecule has 1 aliphatic heterocycles. The number of aromatic nitrogens is 3. The number of rotatable bonds is 5. The average molecular weight is 401 g/mol. The number of halogens is 1. The van der Waals surface area contributed by atoms with E-state index < -0.39 is 11.6 Å². The lowest BCUT2D eigenvalue weighted by Crippen LogP contribution is -2.44. The van der Waals surface area contributed by atoms with Gasteiger partial charge in [0.2, 0.25) is 5.60 Å². The minimum atomic E-state index is -1.16. The molecule has 28 heavy (non-hydrogen) atoms. The van der Waals surface area contributed by atoms with Crippen molar-refractivity contribution >= 4 is 28.5 Å². The molecular formula is C20H21ClN4O3. The van der Waals surface area contributed by atoms with Gasteiger partial charge in [-0.05, 0) is 19.1 Å². The summed E-state index contributed by atoms with van der Waals surface area (Å²) < 4.78 is 7.15. The number of hydroxylamine groups is 2. The third-order valence-electron chi connectivity index (χ3n) is 4.99. The summed E-state index contributed by atoms with van der Waals surface area (Å²) in [7, 11) is 1.80. The van der Waals surface area contributed by atoms with Crippen molar-refractivity contribution in [1.29, 1.82) is 0 Å². The van der Waals surface area contributed by atoms with E-state index in [9.17, 15) is 4.79 Å². The number of pyridine rings is 1. The van der Waals surface area contributed by atoms with Crippen LogP contribution in [0.3, 0.4) is 0 Å². The quantitative estimate of drug-likeness (QED) is 0.483. The van der Waals surface area contributed by atoms with E-state index in [1.807, 2.05) is 34.9 Å². The van der Waals surface area contributed by atoms with Crippen molar-refractivity contribution in [1.82, 2.24) is 19.6 Å². The van der Waals surface area contributed by atoms with Gasteiger partial charge in [-0.3, -0.25) is 4.84 Å². The lowest BCUT2D eigenvalue weighted by Gasteiger charge is -2.26. The number of esters is 1. The smallest absolute Gasteiger partial charge is 0.342 e. The first-order chi connectivity index (χ1) is 13.5. The van der Waals surface area contributed by atoms with Gasteiger partial charge in [-0.25, -0.2) is 14.8 Å². The summed E-state index contributed by atoms with van der Waals surface area (Å²) in [5.74, 6) is -0.400. The molecule has 146 valence electrons. The number of carbonyl (C=O) groups excluding carboxylic acids is 1. The van der Waals surface area contributed by atoms with E-state index in [1.165, 1.54) is 0 Å². The maximum Gasteiger partial charge on any atom is 0.342 e. The summed E-state index contributed by atoms with van der Waals surface area (Å²) in [6.45, 7) is 2.36. The van der Waals surface area contributed by atoms with Gasteiger partial charge in [0.25, 0.3) is 0 Å². The lowest BCUT2D eigenvalue weighted by atomic mass is 9.92. The molecule has 1 fully saturated rings. The van der Waals surface area contributed by atoms with Gasteiger partial charge in [0.15, 0.2) is 0 Å². The van der Waals surface area contributed by atoms with Gasteiger partial charge in [-0.15, -0.1) is 0 Å². The van der Waals surface area contributed by atoms with Crippen LogP contribution in [0.1, 0.15) is 24.9 Å². The van der Waals surface area contributed by atoms with Gasteiger partial charge >= 0.3 is 5.97 Å². The predicted molar refractivity (Wildman–Crippen MR) is 105 cm³/mol. The first-order valence-corrected chi connectivity index (χ1v) is 9.50. The zero-order chi connectivity index (χ0) is 19.7. The Kier molecular flexibility index (Phi) is 5.05. The first-order valence-electron chi connectivity index (χ1n) is 9.12. The highest BCUT2D eigenvalue weighted by Gasteiger charge is 2.52. The van der Waals surface area contributed by atoms with Crippen LogP contribution in [0.25, 0.3) is 10.9 Å². The van der Waals surface area contributed by atoms with Crippen LogP contribution >= 0.6 is 11.6 Å². The molecule has 0 amide bonds. The SMILES string of the molecule is CCOC(=O)C1(Cn2ccnc2)CC(c2cc3ccccc3nc2Cl)N(C)O1. The number of hydrogen-bond acceptors (Lipinski definition) is 6. The largest absolute Gasteiger partial charge is 0.464 e. The molecule has 4 rings (SSSR count). The molecule has 1 aromatic carbocycles. The molecule has 2 unspecified atom stereocenters. The molecule has 1 saturated heterocycles. The summed E-state index contributed by atoms with van der Waals surface area (Å²) in [6.07, 6.45) is 5.50. The molecule has 7 nitrogen and oxygen atoms in total. The minimum absolute atomic E-state index is 0.238. The van der Waals surface area contributed by atoms with E-state index in [0.29, 0.717) is 18.1 Å². The monoisotopic (exact) mass is 400 g/mol. The van der Waals surface area contributed by atoms with E-state index in [4.69, 9.17) is 21.2 Å². The molecule has 2 atom stereocenters. The molecule has 0 bridgehead atoms. The van der Waals surface area contributed by atoms with Gasteiger partial charge in [-0.2, -0.15) is 5.06 Å². The van der Waals surface area contributed by atoms with Crippen LogP contribution in [0.4, 0.5) is 0 Å². The predicted octanol–water partition coefficient (Wildman–Crippen LogP) is 3.40. The maximum absolute atomic E-state index is 12.9. The molecule has 0 saturated carbocycles. The number of para-hydroxylation sites is 1. The van der Waals surface area contributed by atoms with Crippen LogP contribution in [0.2, 0.25) is 5.15 Å². The van der Waals surface area contributed by atoms with Gasteiger partial charge in [0.1, 0.15) is 5.15 Å². The Bertz CT molecular complexity index is 994. The molecule has 3 heterocycles. The summed E-state index contributed by atoms with van der Waals surface area (Å²) >= 11 is 6.50. The zero-order valence-corrected chi connectivity index (χ0v) is 16.5. The third-order valence-corrected chi connectivity index (χ3v) is 5.29. The summed E-state index contributed by atoms with van der Waals surface area (Å²) in [4.78, 5) is 27.5. The van der Waals surface area contributed by atoms with Gasteiger partial charge in [0.05, 0.1) is 31.0 Å². The van der Waals surface area contributed by atoms with Crippen molar-refractivity contribution in [2.75, 3.05) is 13.7 Å². The molecule has 0 radical (unpaired) electrons. The number of hydrogen-bond donors (Lipinski definition) is 0. The van der Waals surface area contributed by atoms with Crippen LogP contribution in [0.5, 0.6) is 0 Å². The fourth-order valence-electron chi connectivity index (χ4n) is 3.68. The number of carbonyl (C=O) groups is 1.